The van der Waals surface area contributed by atoms with Crippen molar-refractivity contribution in [3.8, 4) is 0 Å². The largest absolute Gasteiger partial charge is 0.336 e. The van der Waals surface area contributed by atoms with Crippen LogP contribution in [0.25, 0.3) is 0 Å². The molecule has 0 N–H and O–H groups in total. The van der Waals surface area contributed by atoms with Gasteiger partial charge in [0.1, 0.15) is 5.56 Å². The van der Waals surface area contributed by atoms with Gasteiger partial charge in [-0.05, 0) is 26.0 Å². The Hall–Kier alpha value is -1.27. The van der Waals surface area contributed by atoms with Crippen LogP contribution in [0, 0.1) is 10.1 Å². The van der Waals surface area contributed by atoms with Crippen molar-refractivity contribution < 1.29 is 9.72 Å². The number of carbonyl (C=O) groups excluding carboxylic acids is 1. The molecule has 1 amide bonds. The van der Waals surface area contributed by atoms with Crippen molar-refractivity contribution in [1.82, 2.24) is 4.90 Å². The Morgan fingerprint density at radius 1 is 1.50 bits per heavy atom. The number of rotatable bonds is 2. The molecular formula is C13H15ClN2O3S. The van der Waals surface area contributed by atoms with E-state index in [4.69, 9.17) is 11.6 Å². The number of halogens is 1. The SMILES string of the molecule is CC1(C)CN(C(=O)c2cc(Cl)ccc2[N+](=O)[O-])CCS1. The van der Waals surface area contributed by atoms with E-state index in [2.05, 4.69) is 13.8 Å². The third kappa shape index (κ3) is 3.24. The fraction of sp³-hybridized carbons (Fsp3) is 0.462. The number of nitro benzene ring substituents is 1. The van der Waals surface area contributed by atoms with Gasteiger partial charge in [0.2, 0.25) is 0 Å². The first-order chi connectivity index (χ1) is 9.30. The van der Waals surface area contributed by atoms with Gasteiger partial charge in [0.25, 0.3) is 11.6 Å². The van der Waals surface area contributed by atoms with Crippen LogP contribution in [0.5, 0.6) is 0 Å². The molecule has 0 unspecified atom stereocenters. The second kappa shape index (κ2) is 5.61. The maximum absolute atomic E-state index is 12.5. The van der Waals surface area contributed by atoms with Gasteiger partial charge in [0, 0.05) is 34.7 Å². The molecule has 1 saturated heterocycles. The van der Waals surface area contributed by atoms with Gasteiger partial charge in [-0.3, -0.25) is 14.9 Å². The molecule has 20 heavy (non-hydrogen) atoms. The number of nitro groups is 1. The molecule has 1 aliphatic rings. The quantitative estimate of drug-likeness (QED) is 0.621. The summed E-state index contributed by atoms with van der Waals surface area (Å²) in [6.07, 6.45) is 0. The van der Waals surface area contributed by atoms with Crippen LogP contribution in [0.1, 0.15) is 24.2 Å². The summed E-state index contributed by atoms with van der Waals surface area (Å²) >= 11 is 7.66. The summed E-state index contributed by atoms with van der Waals surface area (Å²) in [5, 5.41) is 11.4. The second-order valence-corrected chi connectivity index (χ2v) is 7.49. The highest BCUT2D eigenvalue weighted by atomic mass is 35.5. The van der Waals surface area contributed by atoms with Crippen molar-refractivity contribution >= 4 is 35.0 Å². The fourth-order valence-corrected chi connectivity index (χ4v) is 3.48. The maximum Gasteiger partial charge on any atom is 0.282 e. The first kappa shape index (κ1) is 15.1. The number of hydrogen-bond donors (Lipinski definition) is 0. The minimum absolute atomic E-state index is 0.0404. The summed E-state index contributed by atoms with van der Waals surface area (Å²) in [6.45, 7) is 5.28. The molecule has 108 valence electrons. The predicted octanol–water partition coefficient (Wildman–Crippen LogP) is 3.22. The minimum Gasteiger partial charge on any atom is -0.336 e. The summed E-state index contributed by atoms with van der Waals surface area (Å²) in [5.41, 5.74) is -0.138. The van der Waals surface area contributed by atoms with Crippen LogP contribution >= 0.6 is 23.4 Å². The number of hydrogen-bond acceptors (Lipinski definition) is 4. The Morgan fingerprint density at radius 2 is 2.20 bits per heavy atom. The van der Waals surface area contributed by atoms with Gasteiger partial charge < -0.3 is 4.90 Å². The topological polar surface area (TPSA) is 63.5 Å². The summed E-state index contributed by atoms with van der Waals surface area (Å²) in [6, 6.07) is 4.07. The lowest BCUT2D eigenvalue weighted by molar-refractivity contribution is -0.385. The molecule has 5 nitrogen and oxygen atoms in total. The van der Waals surface area contributed by atoms with Crippen LogP contribution in [0.15, 0.2) is 18.2 Å². The number of benzene rings is 1. The average molecular weight is 315 g/mol. The number of amides is 1. The van der Waals surface area contributed by atoms with E-state index in [1.54, 1.807) is 16.7 Å². The summed E-state index contributed by atoms with van der Waals surface area (Å²) in [7, 11) is 0. The molecule has 0 aromatic heterocycles. The highest BCUT2D eigenvalue weighted by molar-refractivity contribution is 8.00. The fourth-order valence-electron chi connectivity index (χ4n) is 2.20. The summed E-state index contributed by atoms with van der Waals surface area (Å²) < 4.78 is -0.0404. The van der Waals surface area contributed by atoms with Gasteiger partial charge in [0.05, 0.1) is 4.92 Å². The molecular weight excluding hydrogens is 300 g/mol. The standard InChI is InChI=1S/C13H15ClN2O3S/c1-13(2)8-15(5-6-20-13)12(17)10-7-9(14)3-4-11(10)16(18)19/h3-4,7H,5-6,8H2,1-2H3. The zero-order valence-corrected chi connectivity index (χ0v) is 12.8. The molecule has 0 atom stereocenters. The molecule has 7 heteroatoms. The second-order valence-electron chi connectivity index (χ2n) is 5.25. The normalized spacial score (nSPS) is 17.9. The van der Waals surface area contributed by atoms with Crippen LogP contribution in [0.4, 0.5) is 5.69 Å². The van der Waals surface area contributed by atoms with Crippen molar-refractivity contribution in [2.75, 3.05) is 18.8 Å². The van der Waals surface area contributed by atoms with E-state index < -0.39 is 4.92 Å². The van der Waals surface area contributed by atoms with Crippen molar-refractivity contribution in [2.45, 2.75) is 18.6 Å². The molecule has 1 heterocycles. The lowest BCUT2D eigenvalue weighted by atomic mass is 10.1. The molecule has 0 aliphatic carbocycles. The Morgan fingerprint density at radius 3 is 2.80 bits per heavy atom. The highest BCUT2D eigenvalue weighted by Crippen LogP contribution is 2.31. The van der Waals surface area contributed by atoms with E-state index >= 15 is 0 Å². The maximum atomic E-state index is 12.5. The van der Waals surface area contributed by atoms with E-state index in [1.807, 2.05) is 0 Å². The van der Waals surface area contributed by atoms with Crippen LogP contribution < -0.4 is 0 Å². The Bertz CT molecular complexity index is 563. The molecule has 1 aromatic carbocycles. The van der Waals surface area contributed by atoms with Gasteiger partial charge in [-0.2, -0.15) is 11.8 Å². The minimum atomic E-state index is -0.548. The highest BCUT2D eigenvalue weighted by Gasteiger charge is 2.32. The zero-order chi connectivity index (χ0) is 14.9. The molecule has 0 spiro atoms. The van der Waals surface area contributed by atoms with Crippen LogP contribution in [-0.4, -0.2) is 39.3 Å². The molecule has 1 aliphatic heterocycles. The predicted molar refractivity (Wildman–Crippen MR) is 80.5 cm³/mol. The Kier molecular flexibility index (Phi) is 4.25. The van der Waals surface area contributed by atoms with Gasteiger partial charge in [-0.1, -0.05) is 11.6 Å². The van der Waals surface area contributed by atoms with E-state index in [9.17, 15) is 14.9 Å². The van der Waals surface area contributed by atoms with Gasteiger partial charge >= 0.3 is 0 Å². The van der Waals surface area contributed by atoms with E-state index in [-0.39, 0.29) is 21.9 Å². The van der Waals surface area contributed by atoms with E-state index in [1.165, 1.54) is 18.2 Å². The number of thioether (sulfide) groups is 1. The van der Waals surface area contributed by atoms with Crippen molar-refractivity contribution in [3.05, 3.63) is 38.9 Å². The molecule has 2 rings (SSSR count). The monoisotopic (exact) mass is 314 g/mol. The average Bonchev–Trinajstić information content (AvgIpc) is 2.36. The van der Waals surface area contributed by atoms with Gasteiger partial charge in [-0.15, -0.1) is 0 Å². The number of nitrogens with zero attached hydrogens (tertiary/aromatic N) is 2. The van der Waals surface area contributed by atoms with E-state index in [0.29, 0.717) is 18.1 Å². The van der Waals surface area contributed by atoms with Gasteiger partial charge in [0.15, 0.2) is 0 Å². The molecule has 0 radical (unpaired) electrons. The zero-order valence-electron chi connectivity index (χ0n) is 11.3. The summed E-state index contributed by atoms with van der Waals surface area (Å²) in [5.74, 6) is 0.500. The van der Waals surface area contributed by atoms with Crippen LogP contribution in [0.2, 0.25) is 5.02 Å². The first-order valence-corrected chi connectivity index (χ1v) is 7.54. The third-order valence-electron chi connectivity index (χ3n) is 3.10. The van der Waals surface area contributed by atoms with Crippen molar-refractivity contribution in [1.29, 1.82) is 0 Å². The first-order valence-electron chi connectivity index (χ1n) is 6.17. The molecule has 1 aromatic rings. The van der Waals surface area contributed by atoms with Crippen molar-refractivity contribution in [3.63, 3.8) is 0 Å². The van der Waals surface area contributed by atoms with Crippen molar-refractivity contribution in [2.24, 2.45) is 0 Å². The molecule has 0 saturated carbocycles. The van der Waals surface area contributed by atoms with E-state index in [0.717, 1.165) is 5.75 Å². The molecule has 1 fully saturated rings. The third-order valence-corrected chi connectivity index (χ3v) is 4.63. The summed E-state index contributed by atoms with van der Waals surface area (Å²) in [4.78, 5) is 24.7. The Labute approximate surface area is 126 Å². The van der Waals surface area contributed by atoms with Crippen LogP contribution in [0.3, 0.4) is 0 Å². The molecule has 0 bridgehead atoms. The Balaban J connectivity index is 2.33. The lowest BCUT2D eigenvalue weighted by Gasteiger charge is -2.37. The lowest BCUT2D eigenvalue weighted by Crippen LogP contribution is -2.46. The smallest absolute Gasteiger partial charge is 0.282 e. The number of carbonyl (C=O) groups is 1. The van der Waals surface area contributed by atoms with Gasteiger partial charge in [-0.25, -0.2) is 0 Å². The van der Waals surface area contributed by atoms with Crippen LogP contribution in [-0.2, 0) is 0 Å².